The van der Waals surface area contributed by atoms with E-state index < -0.39 is 0 Å². The third kappa shape index (κ3) is 6.18. The fraction of sp³-hybridized carbons (Fsp3) is 0.519. The minimum Gasteiger partial charge on any atom is -0.381 e. The molecule has 1 N–H and O–H groups in total. The van der Waals surface area contributed by atoms with E-state index >= 15 is 0 Å². The molecule has 8 heteroatoms. The SMILES string of the molecule is Cc1ccc(-c2c(-c3nc(CC(=O)NCC4CCOCC4)cs3)cnn2CC2CCOCC2)cc1. The molecule has 0 atom stereocenters. The Balaban J connectivity index is 1.32. The average Bonchev–Trinajstić information content (AvgIpc) is 3.51. The quantitative estimate of drug-likeness (QED) is 0.499. The highest BCUT2D eigenvalue weighted by molar-refractivity contribution is 7.13. The van der Waals surface area contributed by atoms with Gasteiger partial charge in [-0.2, -0.15) is 5.10 Å². The minimum atomic E-state index is 0.0299. The topological polar surface area (TPSA) is 78.3 Å². The maximum atomic E-state index is 12.5. The number of nitrogens with one attached hydrogen (secondary N) is 1. The molecule has 2 fully saturated rings. The summed E-state index contributed by atoms with van der Waals surface area (Å²) in [6, 6.07) is 8.60. The van der Waals surface area contributed by atoms with Gasteiger partial charge in [0.15, 0.2) is 0 Å². The van der Waals surface area contributed by atoms with E-state index in [-0.39, 0.29) is 5.91 Å². The number of hydrogen-bond acceptors (Lipinski definition) is 6. The molecule has 1 amide bonds. The fourth-order valence-corrected chi connectivity index (χ4v) is 5.65. The summed E-state index contributed by atoms with van der Waals surface area (Å²) in [4.78, 5) is 17.4. The molecule has 186 valence electrons. The summed E-state index contributed by atoms with van der Waals surface area (Å²) < 4.78 is 13.1. The van der Waals surface area contributed by atoms with Crippen molar-refractivity contribution in [2.24, 2.45) is 11.8 Å². The van der Waals surface area contributed by atoms with Crippen LogP contribution in [0.4, 0.5) is 0 Å². The molecule has 0 aliphatic carbocycles. The van der Waals surface area contributed by atoms with Gasteiger partial charge >= 0.3 is 0 Å². The number of aromatic nitrogens is 3. The maximum Gasteiger partial charge on any atom is 0.226 e. The van der Waals surface area contributed by atoms with Crippen LogP contribution in [0.15, 0.2) is 35.8 Å². The first-order valence-corrected chi connectivity index (χ1v) is 13.5. The van der Waals surface area contributed by atoms with E-state index in [4.69, 9.17) is 19.6 Å². The largest absolute Gasteiger partial charge is 0.381 e. The third-order valence-electron chi connectivity index (χ3n) is 6.99. The van der Waals surface area contributed by atoms with Crippen molar-refractivity contribution in [1.82, 2.24) is 20.1 Å². The van der Waals surface area contributed by atoms with Gasteiger partial charge < -0.3 is 14.8 Å². The number of thiazole rings is 1. The minimum absolute atomic E-state index is 0.0299. The number of carbonyl (C=O) groups is 1. The Morgan fingerprint density at radius 3 is 2.46 bits per heavy atom. The second kappa shape index (κ2) is 11.5. The van der Waals surface area contributed by atoms with Gasteiger partial charge in [-0.25, -0.2) is 4.98 Å². The third-order valence-corrected chi connectivity index (χ3v) is 7.91. The first-order chi connectivity index (χ1) is 17.2. The molecule has 1 aromatic carbocycles. The lowest BCUT2D eigenvalue weighted by molar-refractivity contribution is -0.120. The number of amides is 1. The molecule has 2 saturated heterocycles. The standard InChI is InChI=1S/C27H34N4O3S/c1-19-2-4-22(5-3-19)26-24(16-29-31(26)17-21-8-12-34-13-9-21)27-30-23(18-35-27)14-25(32)28-15-20-6-10-33-11-7-20/h2-5,16,18,20-21H,6-15,17H2,1H3,(H,28,32). The van der Waals surface area contributed by atoms with Crippen molar-refractivity contribution in [2.45, 2.75) is 45.6 Å². The average molecular weight is 495 g/mol. The van der Waals surface area contributed by atoms with Crippen LogP contribution in [0.5, 0.6) is 0 Å². The Kier molecular flexibility index (Phi) is 7.91. The van der Waals surface area contributed by atoms with Crippen LogP contribution in [0.1, 0.15) is 36.9 Å². The van der Waals surface area contributed by atoms with Gasteiger partial charge in [-0.15, -0.1) is 11.3 Å². The highest BCUT2D eigenvalue weighted by Crippen LogP contribution is 2.35. The number of nitrogens with zero attached hydrogens (tertiary/aromatic N) is 3. The van der Waals surface area contributed by atoms with E-state index in [9.17, 15) is 4.79 Å². The predicted octanol–water partition coefficient (Wildman–Crippen LogP) is 4.49. The predicted molar refractivity (Wildman–Crippen MR) is 137 cm³/mol. The fourth-order valence-electron chi connectivity index (χ4n) is 4.82. The van der Waals surface area contributed by atoms with Gasteiger partial charge in [0, 0.05) is 50.5 Å². The summed E-state index contributed by atoms with van der Waals surface area (Å²) in [5.74, 6) is 1.10. The van der Waals surface area contributed by atoms with Gasteiger partial charge in [-0.05, 0) is 44.4 Å². The zero-order valence-electron chi connectivity index (χ0n) is 20.4. The van der Waals surface area contributed by atoms with Crippen LogP contribution in [0.25, 0.3) is 21.8 Å². The van der Waals surface area contributed by atoms with E-state index in [1.807, 2.05) is 11.6 Å². The second-order valence-corrected chi connectivity index (χ2v) is 10.5. The van der Waals surface area contributed by atoms with Crippen molar-refractivity contribution < 1.29 is 14.3 Å². The monoisotopic (exact) mass is 494 g/mol. The normalized spacial score (nSPS) is 17.5. The number of rotatable bonds is 8. The van der Waals surface area contributed by atoms with Crippen LogP contribution >= 0.6 is 11.3 Å². The summed E-state index contributed by atoms with van der Waals surface area (Å²) in [5.41, 5.74) is 5.30. The van der Waals surface area contributed by atoms with Crippen molar-refractivity contribution in [2.75, 3.05) is 33.0 Å². The lowest BCUT2D eigenvalue weighted by Gasteiger charge is -2.23. The second-order valence-electron chi connectivity index (χ2n) is 9.69. The molecule has 0 bridgehead atoms. The molecule has 0 saturated carbocycles. The van der Waals surface area contributed by atoms with E-state index in [0.29, 0.717) is 18.3 Å². The lowest BCUT2D eigenvalue weighted by atomic mass is 10.00. The smallest absolute Gasteiger partial charge is 0.226 e. The Labute approximate surface area is 210 Å². The number of carbonyl (C=O) groups excluding carboxylic acids is 1. The van der Waals surface area contributed by atoms with Crippen LogP contribution in [0.3, 0.4) is 0 Å². The van der Waals surface area contributed by atoms with E-state index in [1.165, 1.54) is 5.56 Å². The molecule has 0 unspecified atom stereocenters. The van der Waals surface area contributed by atoms with Gasteiger partial charge in [-0.3, -0.25) is 9.48 Å². The number of hydrogen-bond donors (Lipinski definition) is 1. The van der Waals surface area contributed by atoms with Gasteiger partial charge in [0.1, 0.15) is 5.01 Å². The Bertz CT molecular complexity index is 1110. The van der Waals surface area contributed by atoms with E-state index in [2.05, 4.69) is 41.2 Å². The molecule has 2 aromatic heterocycles. The first kappa shape index (κ1) is 24.2. The highest BCUT2D eigenvalue weighted by atomic mass is 32.1. The van der Waals surface area contributed by atoms with Crippen molar-refractivity contribution in [3.8, 4) is 21.8 Å². The number of benzene rings is 1. The summed E-state index contributed by atoms with van der Waals surface area (Å²) in [6.45, 7) is 6.93. The first-order valence-electron chi connectivity index (χ1n) is 12.7. The molecular formula is C27H34N4O3S. The molecule has 7 nitrogen and oxygen atoms in total. The van der Waals surface area contributed by atoms with Gasteiger partial charge in [0.2, 0.25) is 5.91 Å². The zero-order valence-corrected chi connectivity index (χ0v) is 21.2. The molecule has 35 heavy (non-hydrogen) atoms. The molecule has 0 radical (unpaired) electrons. The van der Waals surface area contributed by atoms with Gasteiger partial charge in [-0.1, -0.05) is 29.8 Å². The van der Waals surface area contributed by atoms with Crippen molar-refractivity contribution in [3.63, 3.8) is 0 Å². The van der Waals surface area contributed by atoms with Crippen LogP contribution in [-0.4, -0.2) is 53.6 Å². The summed E-state index contributed by atoms with van der Waals surface area (Å²) in [7, 11) is 0. The van der Waals surface area contributed by atoms with Crippen molar-refractivity contribution in [3.05, 3.63) is 47.1 Å². The molecule has 2 aliphatic rings. The Morgan fingerprint density at radius 2 is 1.74 bits per heavy atom. The Hall–Kier alpha value is -2.55. The molecule has 2 aliphatic heterocycles. The molecule has 4 heterocycles. The molecule has 0 spiro atoms. The molecular weight excluding hydrogens is 460 g/mol. The summed E-state index contributed by atoms with van der Waals surface area (Å²) in [6.07, 6.45) is 6.39. The van der Waals surface area contributed by atoms with Gasteiger partial charge in [0.05, 0.1) is 29.6 Å². The number of aryl methyl sites for hydroxylation is 1. The van der Waals surface area contributed by atoms with Crippen molar-refractivity contribution >= 4 is 17.2 Å². The van der Waals surface area contributed by atoms with E-state index in [1.54, 1.807) is 11.3 Å². The van der Waals surface area contributed by atoms with Crippen LogP contribution in [0, 0.1) is 18.8 Å². The van der Waals surface area contributed by atoms with Crippen LogP contribution < -0.4 is 5.32 Å². The lowest BCUT2D eigenvalue weighted by Crippen LogP contribution is -2.33. The maximum absolute atomic E-state index is 12.5. The van der Waals surface area contributed by atoms with Crippen molar-refractivity contribution in [1.29, 1.82) is 0 Å². The van der Waals surface area contributed by atoms with Crippen LogP contribution in [-0.2, 0) is 27.2 Å². The summed E-state index contributed by atoms with van der Waals surface area (Å²) >= 11 is 1.58. The zero-order chi connectivity index (χ0) is 24.0. The Morgan fingerprint density at radius 1 is 1.06 bits per heavy atom. The molecule has 5 rings (SSSR count). The van der Waals surface area contributed by atoms with Gasteiger partial charge in [0.25, 0.3) is 0 Å². The number of ether oxygens (including phenoxy) is 2. The van der Waals surface area contributed by atoms with Crippen LogP contribution in [0.2, 0.25) is 0 Å². The molecule has 3 aromatic rings. The highest BCUT2D eigenvalue weighted by Gasteiger charge is 2.22. The van der Waals surface area contributed by atoms with E-state index in [0.717, 1.165) is 92.7 Å². The summed E-state index contributed by atoms with van der Waals surface area (Å²) in [5, 5.41) is 10.8.